The molecule has 0 saturated heterocycles. The van der Waals surface area contributed by atoms with Gasteiger partial charge in [-0.2, -0.15) is 9.97 Å². The maximum atomic E-state index is 5.64. The molecule has 0 aliphatic carbocycles. The van der Waals surface area contributed by atoms with Crippen LogP contribution < -0.4 is 15.2 Å². The summed E-state index contributed by atoms with van der Waals surface area (Å²) in [6.45, 7) is 0. The highest BCUT2D eigenvalue weighted by Gasteiger charge is 2.06. The molecule has 0 spiro atoms. The van der Waals surface area contributed by atoms with Crippen molar-refractivity contribution < 1.29 is 9.47 Å². The zero-order valence-corrected chi connectivity index (χ0v) is 10.8. The van der Waals surface area contributed by atoms with Gasteiger partial charge in [-0.1, -0.05) is 18.2 Å². The summed E-state index contributed by atoms with van der Waals surface area (Å²) in [5.74, 6) is 1.32. The van der Waals surface area contributed by atoms with Crippen LogP contribution in [0.15, 0.2) is 42.6 Å². The summed E-state index contributed by atoms with van der Waals surface area (Å²) in [6, 6.07) is 11.2. The van der Waals surface area contributed by atoms with Crippen molar-refractivity contribution in [1.82, 2.24) is 15.0 Å². The maximum Gasteiger partial charge on any atom is 0.227 e. The van der Waals surface area contributed by atoms with E-state index in [9.17, 15) is 0 Å². The van der Waals surface area contributed by atoms with Crippen LogP contribution in [0.2, 0.25) is 0 Å². The third-order valence-corrected chi connectivity index (χ3v) is 2.69. The minimum Gasteiger partial charge on any atom is -0.481 e. The van der Waals surface area contributed by atoms with Gasteiger partial charge in [-0.25, -0.2) is 0 Å². The third-order valence-electron chi connectivity index (χ3n) is 2.69. The van der Waals surface area contributed by atoms with E-state index >= 15 is 0 Å². The van der Waals surface area contributed by atoms with Crippen molar-refractivity contribution in [2.45, 2.75) is 0 Å². The highest BCUT2D eigenvalue weighted by molar-refractivity contribution is 5.79. The van der Waals surface area contributed by atoms with Crippen molar-refractivity contribution in [1.29, 1.82) is 0 Å². The summed E-state index contributed by atoms with van der Waals surface area (Å²) in [5.41, 5.74) is 6.48. The summed E-state index contributed by atoms with van der Waals surface area (Å²) >= 11 is 0. The fourth-order valence-corrected chi connectivity index (χ4v) is 1.81. The summed E-state index contributed by atoms with van der Waals surface area (Å²) in [6.07, 6.45) is 1.63. The van der Waals surface area contributed by atoms with Crippen molar-refractivity contribution in [3.05, 3.63) is 42.6 Å². The third kappa shape index (κ3) is 2.44. The standard InChI is InChI=1S/C14H12N4O2/c1-19-12-7-13(18-14(15)17-12)20-10-6-9-4-2-3-5-11(9)16-8-10/h2-8H,1H3,(H2,15,17,18). The average molecular weight is 268 g/mol. The van der Waals surface area contributed by atoms with Crippen LogP contribution in [0.4, 0.5) is 5.95 Å². The zero-order chi connectivity index (χ0) is 13.9. The van der Waals surface area contributed by atoms with E-state index in [4.69, 9.17) is 15.2 Å². The van der Waals surface area contributed by atoms with E-state index in [0.717, 1.165) is 10.9 Å². The number of aromatic nitrogens is 3. The molecule has 2 heterocycles. The molecule has 100 valence electrons. The van der Waals surface area contributed by atoms with Crippen LogP contribution >= 0.6 is 0 Å². The van der Waals surface area contributed by atoms with Gasteiger partial charge < -0.3 is 15.2 Å². The van der Waals surface area contributed by atoms with E-state index in [2.05, 4.69) is 15.0 Å². The van der Waals surface area contributed by atoms with Crippen LogP contribution in [0.3, 0.4) is 0 Å². The number of pyridine rings is 1. The average Bonchev–Trinajstić information content (AvgIpc) is 2.46. The molecule has 0 aliphatic heterocycles. The summed E-state index contributed by atoms with van der Waals surface area (Å²) in [5, 5.41) is 0.985. The number of methoxy groups -OCH3 is 1. The summed E-state index contributed by atoms with van der Waals surface area (Å²) < 4.78 is 10.7. The molecule has 0 bridgehead atoms. The highest BCUT2D eigenvalue weighted by atomic mass is 16.5. The van der Waals surface area contributed by atoms with Crippen LogP contribution in [0, 0.1) is 0 Å². The largest absolute Gasteiger partial charge is 0.481 e. The van der Waals surface area contributed by atoms with Gasteiger partial charge in [-0.05, 0) is 12.1 Å². The number of fused-ring (bicyclic) bond motifs is 1. The number of rotatable bonds is 3. The Morgan fingerprint density at radius 2 is 1.85 bits per heavy atom. The number of hydrogen-bond donors (Lipinski definition) is 1. The smallest absolute Gasteiger partial charge is 0.227 e. The van der Waals surface area contributed by atoms with Crippen LogP contribution in [0.1, 0.15) is 0 Å². The predicted molar refractivity (Wildman–Crippen MR) is 74.8 cm³/mol. The molecule has 2 N–H and O–H groups in total. The topological polar surface area (TPSA) is 83.2 Å². The van der Waals surface area contributed by atoms with E-state index < -0.39 is 0 Å². The molecular formula is C14H12N4O2. The quantitative estimate of drug-likeness (QED) is 0.785. The van der Waals surface area contributed by atoms with E-state index in [1.165, 1.54) is 7.11 Å². The van der Waals surface area contributed by atoms with Gasteiger partial charge in [0, 0.05) is 5.39 Å². The lowest BCUT2D eigenvalue weighted by Crippen LogP contribution is -1.99. The second-order valence-electron chi connectivity index (χ2n) is 4.07. The Morgan fingerprint density at radius 3 is 2.70 bits per heavy atom. The van der Waals surface area contributed by atoms with E-state index in [1.54, 1.807) is 12.3 Å². The first-order chi connectivity index (χ1) is 9.74. The summed E-state index contributed by atoms with van der Waals surface area (Å²) in [7, 11) is 1.50. The summed E-state index contributed by atoms with van der Waals surface area (Å²) in [4.78, 5) is 12.2. The lowest BCUT2D eigenvalue weighted by molar-refractivity contribution is 0.389. The van der Waals surface area contributed by atoms with Gasteiger partial charge in [0.25, 0.3) is 0 Å². The van der Waals surface area contributed by atoms with Crippen molar-refractivity contribution in [2.75, 3.05) is 12.8 Å². The second kappa shape index (κ2) is 5.00. The lowest BCUT2D eigenvalue weighted by atomic mass is 10.2. The Kier molecular flexibility index (Phi) is 3.04. The molecule has 0 saturated carbocycles. The normalized spacial score (nSPS) is 10.4. The molecular weight excluding hydrogens is 256 g/mol. The second-order valence-corrected chi connectivity index (χ2v) is 4.07. The molecule has 0 atom stereocenters. The first-order valence-electron chi connectivity index (χ1n) is 5.96. The van der Waals surface area contributed by atoms with Gasteiger partial charge in [-0.3, -0.25) is 4.98 Å². The number of hydrogen-bond acceptors (Lipinski definition) is 6. The molecule has 0 amide bonds. The molecule has 2 aromatic heterocycles. The van der Waals surface area contributed by atoms with E-state index in [1.807, 2.05) is 30.3 Å². The van der Waals surface area contributed by atoms with Crippen molar-refractivity contribution >= 4 is 16.9 Å². The monoisotopic (exact) mass is 268 g/mol. The number of anilines is 1. The van der Waals surface area contributed by atoms with E-state index in [0.29, 0.717) is 17.5 Å². The Hall–Kier alpha value is -2.89. The van der Waals surface area contributed by atoms with Crippen LogP contribution in [0.25, 0.3) is 10.9 Å². The molecule has 3 rings (SSSR count). The van der Waals surface area contributed by atoms with Crippen LogP contribution in [-0.4, -0.2) is 22.1 Å². The fourth-order valence-electron chi connectivity index (χ4n) is 1.81. The first kappa shape index (κ1) is 12.2. The Labute approximate surface area is 115 Å². The minimum absolute atomic E-state index is 0.0908. The number of ether oxygens (including phenoxy) is 2. The van der Waals surface area contributed by atoms with Gasteiger partial charge in [0.2, 0.25) is 17.7 Å². The van der Waals surface area contributed by atoms with Gasteiger partial charge in [-0.15, -0.1) is 0 Å². The first-order valence-corrected chi connectivity index (χ1v) is 5.96. The Bertz CT molecular complexity index is 761. The van der Waals surface area contributed by atoms with Crippen LogP contribution in [-0.2, 0) is 0 Å². The van der Waals surface area contributed by atoms with E-state index in [-0.39, 0.29) is 5.95 Å². The number of para-hydroxylation sites is 1. The highest BCUT2D eigenvalue weighted by Crippen LogP contribution is 2.25. The number of benzene rings is 1. The molecule has 0 radical (unpaired) electrons. The molecule has 6 nitrogen and oxygen atoms in total. The molecule has 0 aliphatic rings. The molecule has 0 fully saturated rings. The Balaban J connectivity index is 1.94. The molecule has 3 aromatic rings. The predicted octanol–water partition coefficient (Wildman–Crippen LogP) is 2.41. The van der Waals surface area contributed by atoms with Crippen molar-refractivity contribution in [3.63, 3.8) is 0 Å². The number of nitrogens with two attached hydrogens (primary N) is 1. The van der Waals surface area contributed by atoms with Crippen molar-refractivity contribution in [2.24, 2.45) is 0 Å². The SMILES string of the molecule is COc1cc(Oc2cnc3ccccc3c2)nc(N)n1. The van der Waals surface area contributed by atoms with Crippen LogP contribution in [0.5, 0.6) is 17.5 Å². The molecule has 20 heavy (non-hydrogen) atoms. The Morgan fingerprint density at radius 1 is 1.05 bits per heavy atom. The fraction of sp³-hybridized carbons (Fsp3) is 0.0714. The molecule has 1 aromatic carbocycles. The molecule has 6 heteroatoms. The maximum absolute atomic E-state index is 5.64. The zero-order valence-electron chi connectivity index (χ0n) is 10.8. The van der Waals surface area contributed by atoms with Gasteiger partial charge in [0.15, 0.2) is 0 Å². The van der Waals surface area contributed by atoms with Crippen molar-refractivity contribution in [3.8, 4) is 17.5 Å². The number of nitrogen functional groups attached to an aromatic ring is 1. The lowest BCUT2D eigenvalue weighted by Gasteiger charge is -2.07. The van der Waals surface area contributed by atoms with Gasteiger partial charge in [0.05, 0.1) is 24.9 Å². The number of nitrogens with zero attached hydrogens (tertiary/aromatic N) is 3. The van der Waals surface area contributed by atoms with Gasteiger partial charge >= 0.3 is 0 Å². The minimum atomic E-state index is 0.0908. The molecule has 0 unspecified atom stereocenters. The van der Waals surface area contributed by atoms with Gasteiger partial charge in [0.1, 0.15) is 5.75 Å².